The first-order valence-electron chi connectivity index (χ1n) is 10.5. The molecule has 0 aliphatic rings. The van der Waals surface area contributed by atoms with Crippen LogP contribution in [-0.2, 0) is 16.0 Å². The van der Waals surface area contributed by atoms with Gasteiger partial charge in [-0.3, -0.25) is 14.8 Å². The van der Waals surface area contributed by atoms with Crippen LogP contribution in [0.2, 0.25) is 0 Å². The van der Waals surface area contributed by atoms with E-state index < -0.39 is 6.09 Å². The Morgan fingerprint density at radius 3 is 2.53 bits per heavy atom. The standard InChI is InChI=1S/C24H23FN4O4S/c1-15-20-13-21(34-23(20)29(28-15)14-16-6-8-17(25)9-7-16)22(30)26-18-4-3-5-19(12-18)27-24(31)33-11-10-32-2/h3-9,12-13H,10-11,14H2,1-2H3,(H,26,30)(H,27,31). The number of ether oxygens (including phenoxy) is 2. The Morgan fingerprint density at radius 1 is 1.06 bits per heavy atom. The van der Waals surface area contributed by atoms with E-state index in [-0.39, 0.29) is 18.3 Å². The van der Waals surface area contributed by atoms with Crippen molar-refractivity contribution in [1.29, 1.82) is 0 Å². The van der Waals surface area contributed by atoms with Crippen LogP contribution in [0.25, 0.3) is 10.2 Å². The molecule has 0 aliphatic carbocycles. The SMILES string of the molecule is COCCOC(=O)Nc1cccc(NC(=O)c2cc3c(C)nn(Cc4ccc(F)cc4)c3s2)c1. The van der Waals surface area contributed by atoms with E-state index in [2.05, 4.69) is 15.7 Å². The van der Waals surface area contributed by atoms with Crippen molar-refractivity contribution < 1.29 is 23.5 Å². The highest BCUT2D eigenvalue weighted by molar-refractivity contribution is 7.20. The molecule has 2 amide bonds. The second-order valence-electron chi connectivity index (χ2n) is 7.49. The molecule has 8 nitrogen and oxygen atoms in total. The zero-order valence-corrected chi connectivity index (χ0v) is 19.4. The summed E-state index contributed by atoms with van der Waals surface area (Å²) in [6.45, 7) is 2.81. The lowest BCUT2D eigenvalue weighted by molar-refractivity contribution is 0.103. The second kappa shape index (κ2) is 10.4. The van der Waals surface area contributed by atoms with Crippen LogP contribution < -0.4 is 10.6 Å². The van der Waals surface area contributed by atoms with Gasteiger partial charge in [-0.15, -0.1) is 11.3 Å². The molecule has 0 aliphatic heterocycles. The number of nitrogens with zero attached hydrogens (tertiary/aromatic N) is 2. The molecule has 2 aromatic carbocycles. The molecule has 0 bridgehead atoms. The topological polar surface area (TPSA) is 94.5 Å². The van der Waals surface area contributed by atoms with Gasteiger partial charge in [-0.2, -0.15) is 5.10 Å². The number of benzene rings is 2. The molecule has 176 valence electrons. The van der Waals surface area contributed by atoms with Crippen molar-refractivity contribution in [3.63, 3.8) is 0 Å². The fraction of sp³-hybridized carbons (Fsp3) is 0.208. The molecule has 2 N–H and O–H groups in total. The van der Waals surface area contributed by atoms with E-state index in [4.69, 9.17) is 9.47 Å². The summed E-state index contributed by atoms with van der Waals surface area (Å²) in [5, 5.41) is 10.9. The zero-order chi connectivity index (χ0) is 24.1. The number of aryl methyl sites for hydroxylation is 1. The molecule has 0 saturated carbocycles. The number of carbonyl (C=O) groups excluding carboxylic acids is 2. The minimum Gasteiger partial charge on any atom is -0.447 e. The van der Waals surface area contributed by atoms with Gasteiger partial charge in [-0.25, -0.2) is 9.18 Å². The van der Waals surface area contributed by atoms with Crippen molar-refractivity contribution in [2.75, 3.05) is 31.0 Å². The van der Waals surface area contributed by atoms with Crippen molar-refractivity contribution in [2.24, 2.45) is 0 Å². The Balaban J connectivity index is 1.46. The summed E-state index contributed by atoms with van der Waals surface area (Å²) in [6.07, 6.45) is -0.605. The molecule has 10 heteroatoms. The van der Waals surface area contributed by atoms with Crippen LogP contribution in [0.3, 0.4) is 0 Å². The molecular weight excluding hydrogens is 459 g/mol. The molecule has 2 heterocycles. The maximum absolute atomic E-state index is 13.2. The van der Waals surface area contributed by atoms with Gasteiger partial charge in [0, 0.05) is 23.9 Å². The van der Waals surface area contributed by atoms with Crippen LogP contribution in [0.15, 0.2) is 54.6 Å². The molecule has 34 heavy (non-hydrogen) atoms. The number of amides is 2. The van der Waals surface area contributed by atoms with Gasteiger partial charge in [-0.05, 0) is 48.9 Å². The number of hydrogen-bond donors (Lipinski definition) is 2. The number of nitrogens with one attached hydrogen (secondary N) is 2. The van der Waals surface area contributed by atoms with Crippen LogP contribution in [0.1, 0.15) is 20.9 Å². The summed E-state index contributed by atoms with van der Waals surface area (Å²) in [7, 11) is 1.52. The summed E-state index contributed by atoms with van der Waals surface area (Å²) in [6, 6.07) is 14.9. The van der Waals surface area contributed by atoms with E-state index >= 15 is 0 Å². The number of rotatable bonds is 8. The Morgan fingerprint density at radius 2 is 1.79 bits per heavy atom. The third-order valence-corrected chi connectivity index (χ3v) is 6.11. The normalized spacial score (nSPS) is 10.9. The highest BCUT2D eigenvalue weighted by Gasteiger charge is 2.17. The molecule has 4 rings (SSSR count). The van der Waals surface area contributed by atoms with Crippen molar-refractivity contribution in [3.05, 3.63) is 76.5 Å². The first-order chi connectivity index (χ1) is 16.4. The van der Waals surface area contributed by atoms with Crippen LogP contribution >= 0.6 is 11.3 Å². The number of thiophene rings is 1. The molecule has 0 radical (unpaired) electrons. The van der Waals surface area contributed by atoms with Gasteiger partial charge in [0.25, 0.3) is 5.91 Å². The molecule has 0 fully saturated rings. The monoisotopic (exact) mass is 482 g/mol. The minimum absolute atomic E-state index is 0.142. The summed E-state index contributed by atoms with van der Waals surface area (Å²) in [5.41, 5.74) is 2.74. The predicted octanol–water partition coefficient (Wildman–Crippen LogP) is 5.04. The van der Waals surface area contributed by atoms with Crippen molar-refractivity contribution in [1.82, 2.24) is 9.78 Å². The molecule has 0 atom stereocenters. The summed E-state index contributed by atoms with van der Waals surface area (Å²) >= 11 is 1.33. The lowest BCUT2D eigenvalue weighted by atomic mass is 10.2. The number of hydrogen-bond acceptors (Lipinski definition) is 6. The maximum Gasteiger partial charge on any atom is 0.411 e. The maximum atomic E-state index is 13.2. The van der Waals surface area contributed by atoms with Gasteiger partial charge in [0.15, 0.2) is 0 Å². The summed E-state index contributed by atoms with van der Waals surface area (Å²) in [4.78, 5) is 26.1. The molecule has 0 unspecified atom stereocenters. The molecule has 0 spiro atoms. The first-order valence-corrected chi connectivity index (χ1v) is 11.3. The number of aromatic nitrogens is 2. The lowest BCUT2D eigenvalue weighted by Gasteiger charge is -2.09. The van der Waals surface area contributed by atoms with Crippen LogP contribution in [0.5, 0.6) is 0 Å². The zero-order valence-electron chi connectivity index (χ0n) is 18.6. The van der Waals surface area contributed by atoms with Crippen LogP contribution in [-0.4, -0.2) is 42.1 Å². The number of anilines is 2. The Labute approximate surface area is 199 Å². The number of halogens is 1. The number of fused-ring (bicyclic) bond motifs is 1. The average Bonchev–Trinajstić information content (AvgIpc) is 3.37. The van der Waals surface area contributed by atoms with Gasteiger partial charge in [0.1, 0.15) is 17.3 Å². The van der Waals surface area contributed by atoms with E-state index in [1.54, 1.807) is 36.4 Å². The molecule has 2 aromatic heterocycles. The van der Waals surface area contributed by atoms with E-state index in [1.807, 2.05) is 17.7 Å². The van der Waals surface area contributed by atoms with Gasteiger partial charge in [0.05, 0.1) is 23.7 Å². The van der Waals surface area contributed by atoms with Crippen LogP contribution in [0, 0.1) is 12.7 Å². The number of methoxy groups -OCH3 is 1. The fourth-order valence-electron chi connectivity index (χ4n) is 3.33. The smallest absolute Gasteiger partial charge is 0.411 e. The van der Waals surface area contributed by atoms with E-state index in [9.17, 15) is 14.0 Å². The van der Waals surface area contributed by atoms with E-state index in [1.165, 1.54) is 30.6 Å². The van der Waals surface area contributed by atoms with E-state index in [0.29, 0.717) is 29.4 Å². The van der Waals surface area contributed by atoms with Gasteiger partial charge in [-0.1, -0.05) is 18.2 Å². The lowest BCUT2D eigenvalue weighted by Crippen LogP contribution is -2.16. The highest BCUT2D eigenvalue weighted by atomic mass is 32.1. The Bertz CT molecular complexity index is 1320. The van der Waals surface area contributed by atoms with Crippen molar-refractivity contribution >= 4 is 44.9 Å². The fourth-order valence-corrected chi connectivity index (χ4v) is 4.39. The third-order valence-electron chi connectivity index (χ3n) is 4.96. The third kappa shape index (κ3) is 5.59. The first kappa shape index (κ1) is 23.4. The summed E-state index contributed by atoms with van der Waals surface area (Å²) < 4.78 is 24.9. The Hall–Kier alpha value is -3.76. The second-order valence-corrected chi connectivity index (χ2v) is 8.52. The van der Waals surface area contributed by atoms with Gasteiger partial charge in [0.2, 0.25) is 0 Å². The highest BCUT2D eigenvalue weighted by Crippen LogP contribution is 2.29. The minimum atomic E-state index is -0.605. The largest absolute Gasteiger partial charge is 0.447 e. The predicted molar refractivity (Wildman–Crippen MR) is 129 cm³/mol. The van der Waals surface area contributed by atoms with Gasteiger partial charge < -0.3 is 14.8 Å². The molecule has 4 aromatic rings. The quantitative estimate of drug-likeness (QED) is 0.343. The Kier molecular flexibility index (Phi) is 7.19. The van der Waals surface area contributed by atoms with Crippen molar-refractivity contribution in [3.8, 4) is 0 Å². The van der Waals surface area contributed by atoms with Gasteiger partial charge >= 0.3 is 6.09 Å². The van der Waals surface area contributed by atoms with E-state index in [0.717, 1.165) is 21.5 Å². The van der Waals surface area contributed by atoms with Crippen molar-refractivity contribution in [2.45, 2.75) is 13.5 Å². The average molecular weight is 483 g/mol. The molecule has 0 saturated heterocycles. The summed E-state index contributed by atoms with van der Waals surface area (Å²) in [5.74, 6) is -0.559. The van der Waals surface area contributed by atoms with Crippen LogP contribution in [0.4, 0.5) is 20.6 Å². The number of carbonyl (C=O) groups is 2. The molecular formula is C24H23FN4O4S.